The molecule has 0 aliphatic heterocycles. The Morgan fingerprint density at radius 1 is 1.11 bits per heavy atom. The Bertz CT molecular complexity index is 364. The highest BCUT2D eigenvalue weighted by atomic mass is 19.1. The van der Waals surface area contributed by atoms with E-state index in [1.807, 2.05) is 0 Å². The van der Waals surface area contributed by atoms with Gasteiger partial charge in [-0.3, -0.25) is 0 Å². The van der Waals surface area contributed by atoms with Gasteiger partial charge in [0, 0.05) is 18.2 Å². The van der Waals surface area contributed by atoms with E-state index < -0.39 is 11.6 Å². The van der Waals surface area contributed by atoms with Crippen LogP contribution >= 0.6 is 0 Å². The first kappa shape index (κ1) is 13.5. The minimum absolute atomic E-state index is 0.162. The third-order valence-corrected chi connectivity index (χ3v) is 4.05. The molecule has 18 heavy (non-hydrogen) atoms. The van der Waals surface area contributed by atoms with Gasteiger partial charge in [-0.15, -0.1) is 0 Å². The summed E-state index contributed by atoms with van der Waals surface area (Å²) in [4.78, 5) is 0. The number of hydrogen-bond donors (Lipinski definition) is 1. The first-order valence-electron chi connectivity index (χ1n) is 6.87. The molecule has 0 aromatic heterocycles. The lowest BCUT2D eigenvalue weighted by atomic mass is 9.84. The summed E-state index contributed by atoms with van der Waals surface area (Å²) in [7, 11) is 0. The topological polar surface area (TPSA) is 12.0 Å². The standard InChI is InChI=1S/C15H21F2N/c1-2-11-6-8-12(9-7-11)18-10-13-14(16)4-3-5-15(13)17/h3-5,11-12,18H,2,6-10H2,1H3. The molecule has 1 aromatic carbocycles. The number of hydrogen-bond acceptors (Lipinski definition) is 1. The van der Waals surface area contributed by atoms with Gasteiger partial charge in [0.05, 0.1) is 0 Å². The minimum Gasteiger partial charge on any atom is -0.310 e. The highest BCUT2D eigenvalue weighted by molar-refractivity contribution is 5.19. The second-order valence-electron chi connectivity index (χ2n) is 5.21. The van der Waals surface area contributed by atoms with Crippen LogP contribution in [0.1, 0.15) is 44.6 Å². The van der Waals surface area contributed by atoms with Gasteiger partial charge in [-0.25, -0.2) is 8.78 Å². The van der Waals surface area contributed by atoms with Crippen LogP contribution in [0.3, 0.4) is 0 Å². The average Bonchev–Trinajstić information content (AvgIpc) is 2.39. The maximum absolute atomic E-state index is 13.4. The van der Waals surface area contributed by atoms with Crippen LogP contribution in [0.5, 0.6) is 0 Å². The third-order valence-electron chi connectivity index (χ3n) is 4.05. The van der Waals surface area contributed by atoms with Crippen LogP contribution in [0.15, 0.2) is 18.2 Å². The van der Waals surface area contributed by atoms with Gasteiger partial charge in [-0.2, -0.15) is 0 Å². The van der Waals surface area contributed by atoms with Crippen molar-refractivity contribution >= 4 is 0 Å². The monoisotopic (exact) mass is 253 g/mol. The molecule has 0 saturated heterocycles. The van der Waals surface area contributed by atoms with Crippen LogP contribution in [0.4, 0.5) is 8.78 Å². The molecule has 1 aliphatic rings. The summed E-state index contributed by atoms with van der Waals surface area (Å²) in [6, 6.07) is 4.44. The molecule has 1 saturated carbocycles. The van der Waals surface area contributed by atoms with E-state index in [4.69, 9.17) is 0 Å². The molecule has 1 aromatic rings. The van der Waals surface area contributed by atoms with Gasteiger partial charge in [0.15, 0.2) is 0 Å². The van der Waals surface area contributed by atoms with Crippen molar-refractivity contribution in [2.75, 3.05) is 0 Å². The first-order valence-corrected chi connectivity index (χ1v) is 6.87. The number of benzene rings is 1. The molecule has 100 valence electrons. The Kier molecular flexibility index (Phi) is 4.70. The van der Waals surface area contributed by atoms with Crippen molar-refractivity contribution in [1.82, 2.24) is 5.32 Å². The molecule has 0 atom stereocenters. The van der Waals surface area contributed by atoms with Gasteiger partial charge >= 0.3 is 0 Å². The van der Waals surface area contributed by atoms with Gasteiger partial charge in [0.2, 0.25) is 0 Å². The maximum Gasteiger partial charge on any atom is 0.130 e. The normalized spacial score (nSPS) is 24.2. The van der Waals surface area contributed by atoms with E-state index in [0.717, 1.165) is 18.8 Å². The molecule has 1 aliphatic carbocycles. The van der Waals surface area contributed by atoms with Crippen LogP contribution in [0.2, 0.25) is 0 Å². The van der Waals surface area contributed by atoms with Gasteiger partial charge in [-0.05, 0) is 43.7 Å². The third kappa shape index (κ3) is 3.29. The summed E-state index contributed by atoms with van der Waals surface area (Å²) in [5.41, 5.74) is 0.162. The number of rotatable bonds is 4. The molecule has 0 unspecified atom stereocenters. The average molecular weight is 253 g/mol. The summed E-state index contributed by atoms with van der Waals surface area (Å²) in [5, 5.41) is 3.28. The van der Waals surface area contributed by atoms with Crippen molar-refractivity contribution in [2.45, 2.75) is 51.6 Å². The van der Waals surface area contributed by atoms with Crippen molar-refractivity contribution in [3.8, 4) is 0 Å². The summed E-state index contributed by atoms with van der Waals surface area (Å²) in [6.07, 6.45) is 5.94. The molecular weight excluding hydrogens is 232 g/mol. The molecule has 1 nitrogen and oxygen atoms in total. The molecule has 3 heteroatoms. The quantitative estimate of drug-likeness (QED) is 0.854. The van der Waals surface area contributed by atoms with E-state index >= 15 is 0 Å². The van der Waals surface area contributed by atoms with Crippen molar-refractivity contribution in [1.29, 1.82) is 0 Å². The largest absolute Gasteiger partial charge is 0.310 e. The Labute approximate surface area is 108 Å². The van der Waals surface area contributed by atoms with E-state index in [9.17, 15) is 8.78 Å². The lowest BCUT2D eigenvalue weighted by Crippen LogP contribution is -2.33. The lowest BCUT2D eigenvalue weighted by Gasteiger charge is -2.28. The fourth-order valence-corrected chi connectivity index (χ4v) is 2.72. The van der Waals surface area contributed by atoms with Crippen LogP contribution in [0, 0.1) is 17.6 Å². The molecule has 0 bridgehead atoms. The molecule has 0 amide bonds. The minimum atomic E-state index is -0.454. The highest BCUT2D eigenvalue weighted by Crippen LogP contribution is 2.26. The second-order valence-corrected chi connectivity index (χ2v) is 5.21. The molecule has 0 heterocycles. The summed E-state index contributed by atoms with van der Waals surface area (Å²) >= 11 is 0. The molecule has 1 fully saturated rings. The Morgan fingerprint density at radius 3 is 2.28 bits per heavy atom. The summed E-state index contributed by atoms with van der Waals surface area (Å²) in [6.45, 7) is 2.52. The van der Waals surface area contributed by atoms with Gasteiger partial charge in [0.1, 0.15) is 11.6 Å². The van der Waals surface area contributed by atoms with Crippen molar-refractivity contribution < 1.29 is 8.78 Å². The smallest absolute Gasteiger partial charge is 0.130 e. The van der Waals surface area contributed by atoms with Crippen molar-refractivity contribution in [3.05, 3.63) is 35.4 Å². The predicted molar refractivity (Wildman–Crippen MR) is 69.2 cm³/mol. The SMILES string of the molecule is CCC1CCC(NCc2c(F)cccc2F)CC1. The lowest BCUT2D eigenvalue weighted by molar-refractivity contribution is 0.283. The maximum atomic E-state index is 13.4. The Balaban J connectivity index is 1.85. The van der Waals surface area contributed by atoms with Crippen LogP contribution < -0.4 is 5.32 Å². The van der Waals surface area contributed by atoms with E-state index in [1.54, 1.807) is 0 Å². The highest BCUT2D eigenvalue weighted by Gasteiger charge is 2.20. The molecular formula is C15H21F2N. The van der Waals surface area contributed by atoms with Gasteiger partial charge in [-0.1, -0.05) is 19.4 Å². The number of nitrogens with one attached hydrogen (secondary N) is 1. The second kappa shape index (κ2) is 6.28. The van der Waals surface area contributed by atoms with E-state index in [0.29, 0.717) is 12.6 Å². The number of halogens is 2. The Morgan fingerprint density at radius 2 is 1.72 bits per heavy atom. The molecule has 1 N–H and O–H groups in total. The van der Waals surface area contributed by atoms with E-state index in [1.165, 1.54) is 37.5 Å². The summed E-state index contributed by atoms with van der Waals surface area (Å²) in [5.74, 6) is -0.0669. The zero-order valence-corrected chi connectivity index (χ0v) is 10.9. The van der Waals surface area contributed by atoms with Crippen LogP contribution in [-0.2, 0) is 6.54 Å². The van der Waals surface area contributed by atoms with Gasteiger partial charge < -0.3 is 5.32 Å². The summed E-state index contributed by atoms with van der Waals surface area (Å²) < 4.78 is 26.9. The molecule has 0 radical (unpaired) electrons. The van der Waals surface area contributed by atoms with Gasteiger partial charge in [0.25, 0.3) is 0 Å². The van der Waals surface area contributed by atoms with E-state index in [-0.39, 0.29) is 5.56 Å². The van der Waals surface area contributed by atoms with Crippen LogP contribution in [-0.4, -0.2) is 6.04 Å². The predicted octanol–water partition coefficient (Wildman–Crippen LogP) is 4.02. The molecule has 0 spiro atoms. The fraction of sp³-hybridized carbons (Fsp3) is 0.600. The first-order chi connectivity index (χ1) is 8.70. The zero-order valence-electron chi connectivity index (χ0n) is 10.9. The molecule has 2 rings (SSSR count). The van der Waals surface area contributed by atoms with Crippen molar-refractivity contribution in [2.24, 2.45) is 5.92 Å². The van der Waals surface area contributed by atoms with Crippen LogP contribution in [0.25, 0.3) is 0 Å². The van der Waals surface area contributed by atoms with Crippen molar-refractivity contribution in [3.63, 3.8) is 0 Å². The Hall–Kier alpha value is -0.960. The zero-order chi connectivity index (χ0) is 13.0. The van der Waals surface area contributed by atoms with E-state index in [2.05, 4.69) is 12.2 Å². The fourth-order valence-electron chi connectivity index (χ4n) is 2.72.